The largest absolute Gasteiger partial charge is 0.384 e. The van der Waals surface area contributed by atoms with Crippen LogP contribution in [-0.2, 0) is 13.1 Å². The molecule has 0 unspecified atom stereocenters. The van der Waals surface area contributed by atoms with Crippen molar-refractivity contribution in [3.8, 4) is 11.3 Å². The van der Waals surface area contributed by atoms with E-state index in [4.69, 9.17) is 5.73 Å². The van der Waals surface area contributed by atoms with Gasteiger partial charge < -0.3 is 10.3 Å². The van der Waals surface area contributed by atoms with Crippen molar-refractivity contribution in [2.75, 3.05) is 18.8 Å². The molecule has 0 amide bonds. The number of aryl methyl sites for hydroxylation is 2. The highest BCUT2D eigenvalue weighted by Gasteiger charge is 2.35. The zero-order chi connectivity index (χ0) is 20.1. The van der Waals surface area contributed by atoms with Crippen LogP contribution < -0.4 is 11.3 Å². The summed E-state index contributed by atoms with van der Waals surface area (Å²) in [6.07, 6.45) is 2.57. The van der Waals surface area contributed by atoms with Gasteiger partial charge in [-0.1, -0.05) is 0 Å². The highest BCUT2D eigenvalue weighted by atomic mass is 32.1. The number of likely N-dealkylation sites (tertiary alicyclic amines) is 1. The number of nitrogens with two attached hydrogens (primary N) is 1. The van der Waals surface area contributed by atoms with Crippen LogP contribution in [0.3, 0.4) is 0 Å². The SMILES string of the molecule is Cc1nc(C)c(CN2C[C@@H]3C[C@H](C2)c2cc(-c4cc(N)ncn4)cc(=O)n2C3)s1. The summed E-state index contributed by atoms with van der Waals surface area (Å²) >= 11 is 1.79. The Morgan fingerprint density at radius 3 is 2.79 bits per heavy atom. The molecule has 5 heterocycles. The van der Waals surface area contributed by atoms with Crippen molar-refractivity contribution in [1.29, 1.82) is 0 Å². The number of nitrogens with zero attached hydrogens (tertiary/aromatic N) is 5. The van der Waals surface area contributed by atoms with E-state index < -0.39 is 0 Å². The van der Waals surface area contributed by atoms with Crippen LogP contribution in [0.5, 0.6) is 0 Å². The molecule has 5 rings (SSSR count). The van der Waals surface area contributed by atoms with Crippen molar-refractivity contribution in [2.24, 2.45) is 5.92 Å². The third-order valence-electron chi connectivity index (χ3n) is 5.98. The number of hydrogen-bond acceptors (Lipinski definition) is 7. The van der Waals surface area contributed by atoms with Gasteiger partial charge in [-0.25, -0.2) is 15.0 Å². The normalized spacial score (nSPS) is 21.2. The number of pyridine rings is 1. The average molecular weight is 409 g/mol. The van der Waals surface area contributed by atoms with Crippen molar-refractivity contribution >= 4 is 17.2 Å². The number of nitrogen functional groups attached to an aromatic ring is 1. The molecule has 0 saturated carbocycles. The summed E-state index contributed by atoms with van der Waals surface area (Å²) < 4.78 is 1.96. The molecule has 3 aromatic rings. The Balaban J connectivity index is 1.46. The lowest BCUT2D eigenvalue weighted by molar-refractivity contribution is 0.115. The van der Waals surface area contributed by atoms with E-state index in [1.165, 1.54) is 11.2 Å². The minimum absolute atomic E-state index is 0.0479. The number of fused-ring (bicyclic) bond motifs is 4. The summed E-state index contributed by atoms with van der Waals surface area (Å²) in [5.74, 6) is 1.27. The number of thiazole rings is 1. The van der Waals surface area contributed by atoms with Gasteiger partial charge in [-0.05, 0) is 32.3 Å². The number of hydrogen-bond donors (Lipinski definition) is 1. The molecule has 1 saturated heterocycles. The van der Waals surface area contributed by atoms with Crippen LogP contribution >= 0.6 is 11.3 Å². The van der Waals surface area contributed by atoms with Gasteiger partial charge in [0.25, 0.3) is 5.56 Å². The molecule has 29 heavy (non-hydrogen) atoms. The molecule has 2 bridgehead atoms. The van der Waals surface area contributed by atoms with E-state index in [2.05, 4.69) is 39.8 Å². The number of rotatable bonds is 3. The van der Waals surface area contributed by atoms with Crippen molar-refractivity contribution in [3.05, 3.63) is 56.2 Å². The number of aromatic nitrogens is 4. The van der Waals surface area contributed by atoms with Gasteiger partial charge in [-0.15, -0.1) is 11.3 Å². The Bertz CT molecular complexity index is 1140. The Morgan fingerprint density at radius 1 is 1.17 bits per heavy atom. The molecule has 0 aliphatic carbocycles. The van der Waals surface area contributed by atoms with E-state index in [1.54, 1.807) is 23.5 Å². The van der Waals surface area contributed by atoms with E-state index >= 15 is 0 Å². The topological polar surface area (TPSA) is 89.9 Å². The van der Waals surface area contributed by atoms with E-state index in [9.17, 15) is 4.79 Å². The summed E-state index contributed by atoms with van der Waals surface area (Å²) in [5, 5.41) is 1.13. The third kappa shape index (κ3) is 3.47. The average Bonchev–Trinajstić information content (AvgIpc) is 2.99. The summed E-state index contributed by atoms with van der Waals surface area (Å²) in [5.41, 5.74) is 9.63. The molecule has 2 aliphatic heterocycles. The van der Waals surface area contributed by atoms with Crippen LogP contribution in [0.1, 0.15) is 33.6 Å². The van der Waals surface area contributed by atoms with Gasteiger partial charge in [0.1, 0.15) is 12.1 Å². The van der Waals surface area contributed by atoms with Crippen molar-refractivity contribution < 1.29 is 0 Å². The number of anilines is 1. The van der Waals surface area contributed by atoms with Crippen molar-refractivity contribution in [1.82, 2.24) is 24.4 Å². The molecule has 7 nitrogen and oxygen atoms in total. The monoisotopic (exact) mass is 408 g/mol. The first kappa shape index (κ1) is 18.4. The van der Waals surface area contributed by atoms with E-state index in [1.807, 2.05) is 4.57 Å². The lowest BCUT2D eigenvalue weighted by atomic mass is 9.82. The number of piperidine rings is 1. The van der Waals surface area contributed by atoms with E-state index in [0.29, 0.717) is 23.3 Å². The zero-order valence-electron chi connectivity index (χ0n) is 16.6. The predicted molar refractivity (Wildman–Crippen MR) is 114 cm³/mol. The van der Waals surface area contributed by atoms with Gasteiger partial charge >= 0.3 is 0 Å². The zero-order valence-corrected chi connectivity index (χ0v) is 17.4. The molecule has 8 heteroatoms. The quantitative estimate of drug-likeness (QED) is 0.716. The fraction of sp³-hybridized carbons (Fsp3) is 0.429. The fourth-order valence-corrected chi connectivity index (χ4v) is 5.77. The summed E-state index contributed by atoms with van der Waals surface area (Å²) in [6, 6.07) is 5.52. The van der Waals surface area contributed by atoms with Crippen LogP contribution in [0.4, 0.5) is 5.82 Å². The molecule has 0 aromatic carbocycles. The molecule has 150 valence electrons. The van der Waals surface area contributed by atoms with Crippen LogP contribution in [0.15, 0.2) is 29.3 Å². The maximum atomic E-state index is 12.9. The fourth-order valence-electron chi connectivity index (χ4n) is 4.79. The van der Waals surface area contributed by atoms with Crippen molar-refractivity contribution in [2.45, 2.75) is 39.3 Å². The second-order valence-corrected chi connectivity index (χ2v) is 9.47. The van der Waals surface area contributed by atoms with Gasteiger partial charge in [0, 0.05) is 60.4 Å². The molecule has 0 spiro atoms. The Kier molecular flexibility index (Phi) is 4.48. The molecule has 1 fully saturated rings. The molecule has 2 aliphatic rings. The van der Waals surface area contributed by atoms with Crippen LogP contribution in [0, 0.1) is 19.8 Å². The molecular formula is C21H24N6OS. The lowest BCUT2D eigenvalue weighted by Gasteiger charge is -2.42. The maximum Gasteiger partial charge on any atom is 0.251 e. The van der Waals surface area contributed by atoms with Gasteiger partial charge in [0.05, 0.1) is 16.4 Å². The van der Waals surface area contributed by atoms with Gasteiger partial charge in [0.2, 0.25) is 0 Å². The maximum absolute atomic E-state index is 12.9. The predicted octanol–water partition coefficient (Wildman–Crippen LogP) is 2.58. The van der Waals surface area contributed by atoms with Gasteiger partial charge in [-0.3, -0.25) is 9.69 Å². The molecule has 3 aromatic heterocycles. The molecule has 2 N–H and O–H groups in total. The molecular weight excluding hydrogens is 384 g/mol. The summed E-state index contributed by atoms with van der Waals surface area (Å²) in [6.45, 7) is 7.88. The highest BCUT2D eigenvalue weighted by molar-refractivity contribution is 7.11. The van der Waals surface area contributed by atoms with Gasteiger partial charge in [-0.2, -0.15) is 0 Å². The minimum Gasteiger partial charge on any atom is -0.384 e. The Hall–Kier alpha value is -2.58. The summed E-state index contributed by atoms with van der Waals surface area (Å²) in [4.78, 5) is 29.6. The molecule has 0 radical (unpaired) electrons. The van der Waals surface area contributed by atoms with Crippen molar-refractivity contribution in [3.63, 3.8) is 0 Å². The van der Waals surface area contributed by atoms with Crippen LogP contribution in [0.25, 0.3) is 11.3 Å². The summed E-state index contributed by atoms with van der Waals surface area (Å²) in [7, 11) is 0. The first-order chi connectivity index (χ1) is 14.0. The van der Waals surface area contributed by atoms with E-state index in [-0.39, 0.29) is 5.56 Å². The first-order valence-electron chi connectivity index (χ1n) is 9.94. The second kappa shape index (κ2) is 7.03. The van der Waals surface area contributed by atoms with Gasteiger partial charge in [0.15, 0.2) is 0 Å². The smallest absolute Gasteiger partial charge is 0.251 e. The standard InChI is InChI=1S/C21H24N6OS/c1-12-19(29-13(2)25-12)10-26-7-14-3-16(9-26)18-4-15(5-21(28)27(18)8-14)17-6-20(22)24-11-23-17/h4-6,11,14,16H,3,7-10H2,1-2H3,(H2,22,23,24)/t14-,16+/m0/s1. The lowest BCUT2D eigenvalue weighted by Crippen LogP contribution is -2.46. The highest BCUT2D eigenvalue weighted by Crippen LogP contribution is 2.37. The molecule has 2 atom stereocenters. The Labute approximate surface area is 173 Å². The van der Waals surface area contributed by atoms with Crippen LogP contribution in [0.2, 0.25) is 0 Å². The van der Waals surface area contributed by atoms with Crippen LogP contribution in [-0.4, -0.2) is 37.5 Å². The van der Waals surface area contributed by atoms with E-state index in [0.717, 1.165) is 54.6 Å². The first-order valence-corrected chi connectivity index (χ1v) is 10.8. The Morgan fingerprint density at radius 2 is 2.03 bits per heavy atom. The third-order valence-corrected chi connectivity index (χ3v) is 7.04. The minimum atomic E-state index is 0.0479. The second-order valence-electron chi connectivity index (χ2n) is 8.18.